The first-order valence-electron chi connectivity index (χ1n) is 5.32. The maximum atomic E-state index is 12.2. The van der Waals surface area contributed by atoms with Crippen LogP contribution in [0.1, 0.15) is 0 Å². The van der Waals surface area contributed by atoms with Crippen molar-refractivity contribution in [3.05, 3.63) is 50.9 Å². The van der Waals surface area contributed by atoms with E-state index in [4.69, 9.17) is 28.9 Å². The molecule has 0 radical (unpaired) electrons. The molecule has 2 rings (SSSR count). The molecule has 0 saturated heterocycles. The molecule has 0 amide bonds. The van der Waals surface area contributed by atoms with E-state index in [2.05, 4.69) is 20.7 Å². The third kappa shape index (κ3) is 3.38. The van der Waals surface area contributed by atoms with Gasteiger partial charge in [0.15, 0.2) is 0 Å². The number of rotatable bonds is 3. The number of hydrogen-bond donors (Lipinski definition) is 2. The van der Waals surface area contributed by atoms with Gasteiger partial charge in [-0.2, -0.15) is 0 Å². The van der Waals surface area contributed by atoms with Gasteiger partial charge >= 0.3 is 0 Å². The largest absolute Gasteiger partial charge is 0.397 e. The highest BCUT2D eigenvalue weighted by atomic mass is 79.9. The molecule has 0 spiro atoms. The molecule has 0 unspecified atom stereocenters. The molecule has 0 aliphatic carbocycles. The first kappa shape index (κ1) is 15.4. The number of nitrogens with two attached hydrogens (primary N) is 1. The summed E-state index contributed by atoms with van der Waals surface area (Å²) in [5, 5.41) is 0.705. The summed E-state index contributed by atoms with van der Waals surface area (Å²) in [6.45, 7) is 0. The van der Waals surface area contributed by atoms with Gasteiger partial charge in [0.25, 0.3) is 10.0 Å². The van der Waals surface area contributed by atoms with Gasteiger partial charge in [0.1, 0.15) is 0 Å². The summed E-state index contributed by atoms with van der Waals surface area (Å²) < 4.78 is 27.5. The summed E-state index contributed by atoms with van der Waals surface area (Å²) in [7, 11) is -3.74. The molecule has 3 N–H and O–H groups in total. The van der Waals surface area contributed by atoms with E-state index in [1.807, 2.05) is 0 Å². The van der Waals surface area contributed by atoms with Crippen LogP contribution in [-0.2, 0) is 10.0 Å². The molecule has 0 atom stereocenters. The third-order valence-corrected chi connectivity index (χ3v) is 5.41. The van der Waals surface area contributed by atoms with E-state index < -0.39 is 10.0 Å². The maximum Gasteiger partial charge on any atom is 0.261 e. The van der Waals surface area contributed by atoms with Gasteiger partial charge in [-0.1, -0.05) is 23.2 Å². The average Bonchev–Trinajstić information content (AvgIpc) is 2.37. The Morgan fingerprint density at radius 3 is 2.35 bits per heavy atom. The Balaban J connectivity index is 2.35. The summed E-state index contributed by atoms with van der Waals surface area (Å²) in [4.78, 5) is 0.0263. The van der Waals surface area contributed by atoms with Crippen molar-refractivity contribution >= 4 is 60.5 Å². The van der Waals surface area contributed by atoms with Crippen molar-refractivity contribution in [1.82, 2.24) is 0 Å². The molecule has 2 aromatic carbocycles. The fourth-order valence-corrected chi connectivity index (χ4v) is 3.09. The van der Waals surface area contributed by atoms with Gasteiger partial charge in [-0.25, -0.2) is 8.42 Å². The Labute approximate surface area is 135 Å². The molecule has 0 bridgehead atoms. The SMILES string of the molecule is Nc1cc(S(=O)(=O)Nc2ccc(Br)c(Cl)c2)ccc1Cl. The van der Waals surface area contributed by atoms with Gasteiger partial charge in [0.05, 0.1) is 26.3 Å². The number of nitrogen functional groups attached to an aromatic ring is 1. The molecule has 20 heavy (non-hydrogen) atoms. The molecular weight excluding hydrogens is 387 g/mol. The van der Waals surface area contributed by atoms with Crippen molar-refractivity contribution in [2.24, 2.45) is 0 Å². The van der Waals surface area contributed by atoms with E-state index in [1.54, 1.807) is 12.1 Å². The molecule has 2 aromatic rings. The summed E-state index contributed by atoms with van der Waals surface area (Å²) in [5.41, 5.74) is 6.15. The van der Waals surface area contributed by atoms with Crippen LogP contribution in [0.25, 0.3) is 0 Å². The van der Waals surface area contributed by atoms with E-state index in [9.17, 15) is 8.42 Å². The lowest BCUT2D eigenvalue weighted by molar-refractivity contribution is 0.601. The smallest absolute Gasteiger partial charge is 0.261 e. The highest BCUT2D eigenvalue weighted by Crippen LogP contribution is 2.28. The van der Waals surface area contributed by atoms with Crippen LogP contribution in [0.4, 0.5) is 11.4 Å². The van der Waals surface area contributed by atoms with E-state index in [0.717, 1.165) is 0 Å². The van der Waals surface area contributed by atoms with Gasteiger partial charge in [0, 0.05) is 4.47 Å². The molecule has 0 fully saturated rings. The van der Waals surface area contributed by atoms with Crippen LogP contribution in [0.5, 0.6) is 0 Å². The Kier molecular flexibility index (Phi) is 4.49. The Bertz CT molecular complexity index is 766. The zero-order valence-corrected chi connectivity index (χ0v) is 13.8. The van der Waals surface area contributed by atoms with E-state index in [-0.39, 0.29) is 10.6 Å². The first-order valence-corrected chi connectivity index (χ1v) is 8.36. The standard InChI is InChI=1S/C12H9BrCl2N2O2S/c13-9-3-1-7(5-11(9)15)17-20(18,19)8-2-4-10(14)12(16)6-8/h1-6,17H,16H2. The number of nitrogens with one attached hydrogen (secondary N) is 1. The van der Waals surface area contributed by atoms with Gasteiger partial charge in [-0.3, -0.25) is 4.72 Å². The van der Waals surface area contributed by atoms with Crippen LogP contribution in [0.3, 0.4) is 0 Å². The molecule has 4 nitrogen and oxygen atoms in total. The number of benzene rings is 2. The first-order chi connectivity index (χ1) is 9.29. The fourth-order valence-electron chi connectivity index (χ4n) is 1.46. The Hall–Kier alpha value is -0.950. The number of hydrogen-bond acceptors (Lipinski definition) is 3. The van der Waals surface area contributed by atoms with Crippen LogP contribution in [0.15, 0.2) is 45.8 Å². The number of halogens is 3. The second kappa shape index (κ2) is 5.81. The lowest BCUT2D eigenvalue weighted by Gasteiger charge is -2.10. The zero-order chi connectivity index (χ0) is 14.9. The summed E-state index contributed by atoms with van der Waals surface area (Å²) >= 11 is 14.9. The van der Waals surface area contributed by atoms with Gasteiger partial charge < -0.3 is 5.73 Å². The summed E-state index contributed by atoms with van der Waals surface area (Å²) in [6.07, 6.45) is 0. The van der Waals surface area contributed by atoms with E-state index in [1.165, 1.54) is 24.3 Å². The lowest BCUT2D eigenvalue weighted by atomic mass is 10.3. The molecule has 106 valence electrons. The molecular formula is C12H9BrCl2N2O2S. The van der Waals surface area contributed by atoms with Crippen molar-refractivity contribution in [3.8, 4) is 0 Å². The van der Waals surface area contributed by atoms with Crippen molar-refractivity contribution in [2.45, 2.75) is 4.90 Å². The minimum atomic E-state index is -3.74. The normalized spacial score (nSPS) is 11.3. The topological polar surface area (TPSA) is 72.2 Å². The summed E-state index contributed by atoms with van der Waals surface area (Å²) in [6, 6.07) is 8.85. The number of anilines is 2. The zero-order valence-electron chi connectivity index (χ0n) is 9.90. The van der Waals surface area contributed by atoms with E-state index in [0.29, 0.717) is 20.2 Å². The minimum absolute atomic E-state index is 0.0263. The minimum Gasteiger partial charge on any atom is -0.397 e. The molecule has 0 aliphatic heterocycles. The number of sulfonamides is 1. The summed E-state index contributed by atoms with van der Waals surface area (Å²) in [5.74, 6) is 0. The average molecular weight is 396 g/mol. The van der Waals surface area contributed by atoms with Crippen LogP contribution >= 0.6 is 39.1 Å². The predicted octanol–water partition coefficient (Wildman–Crippen LogP) is 4.14. The quantitative estimate of drug-likeness (QED) is 0.767. The van der Waals surface area contributed by atoms with Crippen LogP contribution in [-0.4, -0.2) is 8.42 Å². The van der Waals surface area contributed by atoms with Crippen molar-refractivity contribution in [1.29, 1.82) is 0 Å². The fraction of sp³-hybridized carbons (Fsp3) is 0. The Morgan fingerprint density at radius 2 is 1.75 bits per heavy atom. The maximum absolute atomic E-state index is 12.2. The highest BCUT2D eigenvalue weighted by Gasteiger charge is 2.15. The highest BCUT2D eigenvalue weighted by molar-refractivity contribution is 9.10. The molecule has 0 saturated carbocycles. The molecule has 0 heterocycles. The van der Waals surface area contributed by atoms with Crippen LogP contribution in [0.2, 0.25) is 10.0 Å². The van der Waals surface area contributed by atoms with Crippen molar-refractivity contribution in [2.75, 3.05) is 10.5 Å². The molecule has 0 aliphatic rings. The van der Waals surface area contributed by atoms with Gasteiger partial charge in [0.2, 0.25) is 0 Å². The second-order valence-electron chi connectivity index (χ2n) is 3.92. The Morgan fingerprint density at radius 1 is 1.05 bits per heavy atom. The van der Waals surface area contributed by atoms with Crippen LogP contribution in [0, 0.1) is 0 Å². The second-order valence-corrected chi connectivity index (χ2v) is 7.27. The monoisotopic (exact) mass is 394 g/mol. The van der Waals surface area contributed by atoms with Gasteiger partial charge in [-0.15, -0.1) is 0 Å². The van der Waals surface area contributed by atoms with Crippen molar-refractivity contribution in [3.63, 3.8) is 0 Å². The van der Waals surface area contributed by atoms with E-state index >= 15 is 0 Å². The molecule has 8 heteroatoms. The van der Waals surface area contributed by atoms with Gasteiger partial charge in [-0.05, 0) is 52.3 Å². The van der Waals surface area contributed by atoms with Crippen molar-refractivity contribution < 1.29 is 8.42 Å². The predicted molar refractivity (Wildman–Crippen MR) is 85.8 cm³/mol. The lowest BCUT2D eigenvalue weighted by Crippen LogP contribution is -2.13. The van der Waals surface area contributed by atoms with Crippen LogP contribution < -0.4 is 10.5 Å². The third-order valence-electron chi connectivity index (χ3n) is 2.45. The molecule has 0 aromatic heterocycles.